The van der Waals surface area contributed by atoms with Gasteiger partial charge in [-0.2, -0.15) is 0 Å². The minimum atomic E-state index is -1.50. The summed E-state index contributed by atoms with van der Waals surface area (Å²) < 4.78 is 18.6. The molecule has 2 atom stereocenters. The molecule has 9 nitrogen and oxygen atoms in total. The summed E-state index contributed by atoms with van der Waals surface area (Å²) in [6.45, 7) is 5.04. The first-order valence-corrected chi connectivity index (χ1v) is 12.4. The van der Waals surface area contributed by atoms with Crippen LogP contribution in [-0.2, 0) is 32.1 Å². The standard InChI is InChI=1S/C29H32FN3O6/c1-29(2,3)39-28(38)33-24(16-25(34)35)27(37)32-23(15-18-11-13-21(30)14-12-18)26(36)31-17-20-9-6-8-19-7-4-5-10-22(19)20/h4-14,23-24H,15-17H2,1-3H3,(H,31,36)(H,32,37)(H,33,38)(H,34,35)/t23-,24?/m0/s1. The molecule has 3 amide bonds. The van der Waals surface area contributed by atoms with E-state index in [0.717, 1.165) is 16.3 Å². The van der Waals surface area contributed by atoms with Crippen molar-refractivity contribution in [1.29, 1.82) is 0 Å². The molecular weight excluding hydrogens is 505 g/mol. The highest BCUT2D eigenvalue weighted by atomic mass is 19.1. The molecule has 0 spiro atoms. The van der Waals surface area contributed by atoms with Gasteiger partial charge in [-0.05, 0) is 54.8 Å². The number of carbonyl (C=O) groups is 4. The Labute approximate surface area is 225 Å². The van der Waals surface area contributed by atoms with Crippen LogP contribution in [0.3, 0.4) is 0 Å². The highest BCUT2D eigenvalue weighted by molar-refractivity contribution is 5.93. The van der Waals surface area contributed by atoms with Crippen LogP contribution in [0.4, 0.5) is 9.18 Å². The predicted octanol–water partition coefficient (Wildman–Crippen LogP) is 3.69. The molecule has 0 aliphatic rings. The van der Waals surface area contributed by atoms with E-state index in [4.69, 9.17) is 4.74 Å². The van der Waals surface area contributed by atoms with Crippen LogP contribution in [0.1, 0.15) is 38.3 Å². The van der Waals surface area contributed by atoms with Crippen molar-refractivity contribution in [3.8, 4) is 0 Å². The zero-order chi connectivity index (χ0) is 28.6. The molecular formula is C29H32FN3O6. The zero-order valence-electron chi connectivity index (χ0n) is 22.0. The number of carbonyl (C=O) groups excluding carboxylic acids is 3. The SMILES string of the molecule is CC(C)(C)OC(=O)NC(CC(=O)O)C(=O)N[C@@H](Cc1ccc(F)cc1)C(=O)NCc1cccc2ccccc12. The lowest BCUT2D eigenvalue weighted by molar-refractivity contribution is -0.140. The Morgan fingerprint density at radius 3 is 2.21 bits per heavy atom. The number of benzene rings is 3. The van der Waals surface area contributed by atoms with E-state index < -0.39 is 53.8 Å². The maximum atomic E-state index is 13.4. The van der Waals surface area contributed by atoms with Crippen LogP contribution >= 0.6 is 0 Å². The minimum Gasteiger partial charge on any atom is -0.481 e. The molecule has 206 valence electrons. The average molecular weight is 538 g/mol. The lowest BCUT2D eigenvalue weighted by Gasteiger charge is -2.25. The van der Waals surface area contributed by atoms with Gasteiger partial charge >= 0.3 is 12.1 Å². The van der Waals surface area contributed by atoms with E-state index in [-0.39, 0.29) is 13.0 Å². The number of hydrogen-bond donors (Lipinski definition) is 4. The number of carboxylic acids is 1. The number of alkyl carbamates (subject to hydrolysis) is 1. The summed E-state index contributed by atoms with van der Waals surface area (Å²) in [5.74, 6) is -3.20. The molecule has 0 bridgehead atoms. The van der Waals surface area contributed by atoms with Crippen molar-refractivity contribution >= 4 is 34.6 Å². The molecule has 4 N–H and O–H groups in total. The Bertz CT molecular complexity index is 1330. The number of aliphatic carboxylic acids is 1. The summed E-state index contributed by atoms with van der Waals surface area (Å²) in [5, 5.41) is 18.9. The predicted molar refractivity (Wildman–Crippen MR) is 143 cm³/mol. The number of carboxylic acid groups (broad SMARTS) is 1. The van der Waals surface area contributed by atoms with Gasteiger partial charge in [-0.15, -0.1) is 0 Å². The lowest BCUT2D eigenvalue weighted by Crippen LogP contribution is -2.55. The van der Waals surface area contributed by atoms with Gasteiger partial charge in [-0.1, -0.05) is 54.6 Å². The fraction of sp³-hybridized carbons (Fsp3) is 0.310. The van der Waals surface area contributed by atoms with Gasteiger partial charge in [0.25, 0.3) is 0 Å². The lowest BCUT2D eigenvalue weighted by atomic mass is 10.0. The first-order chi connectivity index (χ1) is 18.4. The Balaban J connectivity index is 1.79. The van der Waals surface area contributed by atoms with Crippen molar-refractivity contribution in [2.24, 2.45) is 0 Å². The molecule has 0 aromatic heterocycles. The summed E-state index contributed by atoms with van der Waals surface area (Å²) >= 11 is 0. The molecule has 0 saturated heterocycles. The zero-order valence-corrected chi connectivity index (χ0v) is 22.0. The van der Waals surface area contributed by atoms with Crippen LogP contribution in [0.15, 0.2) is 66.7 Å². The van der Waals surface area contributed by atoms with Crippen molar-refractivity contribution in [2.75, 3.05) is 0 Å². The molecule has 1 unspecified atom stereocenters. The first-order valence-electron chi connectivity index (χ1n) is 12.4. The van der Waals surface area contributed by atoms with Crippen molar-refractivity contribution < 1.29 is 33.4 Å². The highest BCUT2D eigenvalue weighted by Crippen LogP contribution is 2.18. The van der Waals surface area contributed by atoms with Crippen molar-refractivity contribution in [3.63, 3.8) is 0 Å². The third-order valence-corrected chi connectivity index (χ3v) is 5.71. The number of halogens is 1. The summed E-state index contributed by atoms with van der Waals surface area (Å²) in [6, 6.07) is 16.2. The van der Waals surface area contributed by atoms with Crippen LogP contribution in [0.5, 0.6) is 0 Å². The second-order valence-electron chi connectivity index (χ2n) is 10.0. The van der Waals surface area contributed by atoms with Gasteiger partial charge in [-0.3, -0.25) is 14.4 Å². The van der Waals surface area contributed by atoms with Crippen molar-refractivity contribution in [2.45, 2.75) is 57.8 Å². The van der Waals surface area contributed by atoms with Gasteiger partial charge < -0.3 is 25.8 Å². The molecule has 3 rings (SSSR count). The molecule has 10 heteroatoms. The van der Waals surface area contributed by atoms with Gasteiger partial charge in [0.2, 0.25) is 11.8 Å². The molecule has 0 saturated carbocycles. The Morgan fingerprint density at radius 2 is 1.54 bits per heavy atom. The highest BCUT2D eigenvalue weighted by Gasteiger charge is 2.30. The van der Waals surface area contributed by atoms with E-state index in [1.54, 1.807) is 20.8 Å². The van der Waals surface area contributed by atoms with Crippen LogP contribution in [0.25, 0.3) is 10.8 Å². The molecule has 0 aliphatic heterocycles. The molecule has 0 heterocycles. The third-order valence-electron chi connectivity index (χ3n) is 5.71. The van der Waals surface area contributed by atoms with Crippen molar-refractivity contribution in [3.05, 3.63) is 83.7 Å². The Kier molecular flexibility index (Phi) is 9.59. The Morgan fingerprint density at radius 1 is 0.872 bits per heavy atom. The largest absolute Gasteiger partial charge is 0.481 e. The minimum absolute atomic E-state index is 0.000377. The quantitative estimate of drug-likeness (QED) is 0.312. The van der Waals surface area contributed by atoms with Gasteiger partial charge in [0, 0.05) is 13.0 Å². The third kappa shape index (κ3) is 9.10. The summed E-state index contributed by atoms with van der Waals surface area (Å²) in [5.41, 5.74) is 0.557. The molecule has 0 fully saturated rings. The normalized spacial score (nSPS) is 12.7. The number of rotatable bonds is 10. The maximum absolute atomic E-state index is 13.4. The van der Waals surface area contributed by atoms with Gasteiger partial charge in [-0.25, -0.2) is 9.18 Å². The maximum Gasteiger partial charge on any atom is 0.408 e. The first kappa shape index (κ1) is 29.1. The van der Waals surface area contributed by atoms with E-state index in [2.05, 4.69) is 16.0 Å². The van der Waals surface area contributed by atoms with E-state index in [0.29, 0.717) is 5.56 Å². The van der Waals surface area contributed by atoms with E-state index in [1.807, 2.05) is 42.5 Å². The van der Waals surface area contributed by atoms with E-state index in [9.17, 15) is 28.7 Å². The summed E-state index contributed by atoms with van der Waals surface area (Å²) in [6.07, 6.45) is -1.70. The second kappa shape index (κ2) is 12.9. The number of hydrogen-bond acceptors (Lipinski definition) is 5. The number of amides is 3. The molecule has 3 aromatic carbocycles. The van der Waals surface area contributed by atoms with Gasteiger partial charge in [0.05, 0.1) is 6.42 Å². The van der Waals surface area contributed by atoms with Gasteiger partial charge in [0.1, 0.15) is 23.5 Å². The van der Waals surface area contributed by atoms with E-state index in [1.165, 1.54) is 24.3 Å². The molecule has 39 heavy (non-hydrogen) atoms. The molecule has 0 radical (unpaired) electrons. The van der Waals surface area contributed by atoms with E-state index >= 15 is 0 Å². The smallest absolute Gasteiger partial charge is 0.408 e. The summed E-state index contributed by atoms with van der Waals surface area (Å²) in [7, 11) is 0. The number of ether oxygens (including phenoxy) is 1. The number of nitrogens with one attached hydrogen (secondary N) is 3. The van der Waals surface area contributed by atoms with Gasteiger partial charge in [0.15, 0.2) is 0 Å². The van der Waals surface area contributed by atoms with Crippen LogP contribution < -0.4 is 16.0 Å². The van der Waals surface area contributed by atoms with Crippen LogP contribution in [0.2, 0.25) is 0 Å². The monoisotopic (exact) mass is 537 g/mol. The second-order valence-corrected chi connectivity index (χ2v) is 10.0. The van der Waals surface area contributed by atoms with Crippen LogP contribution in [-0.4, -0.2) is 46.7 Å². The Hall–Kier alpha value is -4.47. The number of fused-ring (bicyclic) bond motifs is 1. The van der Waals surface area contributed by atoms with Crippen molar-refractivity contribution in [1.82, 2.24) is 16.0 Å². The van der Waals surface area contributed by atoms with Crippen LogP contribution in [0, 0.1) is 5.82 Å². The fourth-order valence-corrected chi connectivity index (χ4v) is 3.92. The summed E-state index contributed by atoms with van der Waals surface area (Å²) in [4.78, 5) is 50.0. The molecule has 0 aliphatic carbocycles. The topological polar surface area (TPSA) is 134 Å². The average Bonchev–Trinajstić information content (AvgIpc) is 2.86. The fourth-order valence-electron chi connectivity index (χ4n) is 3.92. The molecule has 3 aromatic rings.